The maximum atomic E-state index is 5.96. The van der Waals surface area contributed by atoms with Crippen molar-refractivity contribution in [2.24, 2.45) is 12.8 Å². The van der Waals surface area contributed by atoms with Crippen LogP contribution in [-0.4, -0.2) is 9.78 Å². The van der Waals surface area contributed by atoms with Crippen molar-refractivity contribution in [3.05, 3.63) is 47.3 Å². The van der Waals surface area contributed by atoms with Crippen LogP contribution in [0.3, 0.4) is 0 Å². The summed E-state index contributed by atoms with van der Waals surface area (Å²) in [6.07, 6.45) is 1.90. The number of aromatic nitrogens is 2. The lowest BCUT2D eigenvalue weighted by Gasteiger charge is -2.14. The molecule has 0 aliphatic heterocycles. The topological polar surface area (TPSA) is 53.1 Å². The summed E-state index contributed by atoms with van der Waals surface area (Å²) in [5.74, 6) is 0.834. The molecular formula is C14H19N3O. The Kier molecular flexibility index (Phi) is 3.67. The molecule has 2 aromatic rings. The van der Waals surface area contributed by atoms with Gasteiger partial charge in [-0.2, -0.15) is 5.10 Å². The van der Waals surface area contributed by atoms with Gasteiger partial charge in [-0.25, -0.2) is 0 Å². The maximum absolute atomic E-state index is 5.96. The number of hydrogen-bond donors (Lipinski definition) is 1. The molecule has 0 bridgehead atoms. The fraction of sp³-hybridized carbons (Fsp3) is 0.357. The second-order valence-electron chi connectivity index (χ2n) is 4.60. The van der Waals surface area contributed by atoms with E-state index < -0.39 is 0 Å². The van der Waals surface area contributed by atoms with Gasteiger partial charge in [0.2, 0.25) is 0 Å². The first-order chi connectivity index (χ1) is 8.56. The highest BCUT2D eigenvalue weighted by Gasteiger charge is 2.09. The van der Waals surface area contributed by atoms with Crippen molar-refractivity contribution < 1.29 is 4.74 Å². The lowest BCUT2D eigenvalue weighted by molar-refractivity contribution is 0.295. The van der Waals surface area contributed by atoms with E-state index in [0.29, 0.717) is 6.61 Å². The molecule has 1 heterocycles. The Balaban J connectivity index is 2.13. The molecule has 1 atom stereocenters. The van der Waals surface area contributed by atoms with Gasteiger partial charge in [0.1, 0.15) is 12.4 Å². The van der Waals surface area contributed by atoms with Crippen LogP contribution in [0.2, 0.25) is 0 Å². The van der Waals surface area contributed by atoms with Gasteiger partial charge in [-0.05, 0) is 26.0 Å². The molecule has 0 spiro atoms. The predicted octanol–water partition coefficient (Wildman–Crippen LogP) is 2.33. The molecule has 96 valence electrons. The molecule has 4 heteroatoms. The van der Waals surface area contributed by atoms with Gasteiger partial charge < -0.3 is 10.5 Å². The van der Waals surface area contributed by atoms with Crippen LogP contribution in [-0.2, 0) is 13.7 Å². The van der Waals surface area contributed by atoms with Gasteiger partial charge in [-0.15, -0.1) is 0 Å². The summed E-state index contributed by atoms with van der Waals surface area (Å²) in [4.78, 5) is 0. The zero-order valence-electron chi connectivity index (χ0n) is 11.1. The first kappa shape index (κ1) is 12.6. The molecule has 0 aliphatic rings. The van der Waals surface area contributed by atoms with Gasteiger partial charge in [0.05, 0.1) is 5.69 Å². The third kappa shape index (κ3) is 2.90. The van der Waals surface area contributed by atoms with Crippen LogP contribution in [0.4, 0.5) is 0 Å². The molecule has 18 heavy (non-hydrogen) atoms. The normalized spacial score (nSPS) is 12.4. The van der Waals surface area contributed by atoms with Crippen LogP contribution < -0.4 is 10.5 Å². The van der Waals surface area contributed by atoms with Crippen molar-refractivity contribution in [3.63, 3.8) is 0 Å². The zero-order valence-corrected chi connectivity index (χ0v) is 11.1. The summed E-state index contributed by atoms with van der Waals surface area (Å²) >= 11 is 0. The minimum Gasteiger partial charge on any atom is -0.487 e. The Labute approximate surface area is 107 Å². The first-order valence-electron chi connectivity index (χ1n) is 6.03. The Morgan fingerprint density at radius 2 is 2.17 bits per heavy atom. The number of benzene rings is 1. The van der Waals surface area contributed by atoms with E-state index in [1.807, 2.05) is 38.4 Å². The van der Waals surface area contributed by atoms with Gasteiger partial charge in [0.25, 0.3) is 0 Å². The lowest BCUT2D eigenvalue weighted by atomic mass is 10.1. The summed E-state index contributed by atoms with van der Waals surface area (Å²) in [7, 11) is 1.89. The summed E-state index contributed by atoms with van der Waals surface area (Å²) in [5.41, 5.74) is 9.09. The van der Waals surface area contributed by atoms with E-state index in [9.17, 15) is 0 Å². The fourth-order valence-electron chi connectivity index (χ4n) is 1.85. The summed E-state index contributed by atoms with van der Waals surface area (Å²) in [6.45, 7) is 4.47. The summed E-state index contributed by atoms with van der Waals surface area (Å²) in [6, 6.07) is 7.97. The third-order valence-electron chi connectivity index (χ3n) is 2.80. The van der Waals surface area contributed by atoms with E-state index in [1.165, 1.54) is 5.56 Å². The lowest BCUT2D eigenvalue weighted by Crippen LogP contribution is -2.08. The third-order valence-corrected chi connectivity index (χ3v) is 2.80. The average molecular weight is 245 g/mol. The minimum atomic E-state index is -0.0383. The quantitative estimate of drug-likeness (QED) is 0.899. The van der Waals surface area contributed by atoms with E-state index in [1.54, 1.807) is 4.68 Å². The number of nitrogens with two attached hydrogens (primary N) is 1. The molecular weight excluding hydrogens is 226 g/mol. The molecule has 0 saturated heterocycles. The molecule has 0 fully saturated rings. The highest BCUT2D eigenvalue weighted by molar-refractivity contribution is 5.38. The van der Waals surface area contributed by atoms with Crippen molar-refractivity contribution in [2.75, 3.05) is 0 Å². The SMILES string of the molecule is Cc1ccc(OCc2ccn(C)n2)c([C@@H](C)N)c1. The van der Waals surface area contributed by atoms with Crippen LogP contribution in [0, 0.1) is 6.92 Å². The van der Waals surface area contributed by atoms with E-state index in [-0.39, 0.29) is 6.04 Å². The first-order valence-corrected chi connectivity index (χ1v) is 6.03. The van der Waals surface area contributed by atoms with E-state index >= 15 is 0 Å². The van der Waals surface area contributed by atoms with E-state index in [0.717, 1.165) is 17.0 Å². The molecule has 0 amide bonds. The molecule has 0 radical (unpaired) electrons. The highest BCUT2D eigenvalue weighted by atomic mass is 16.5. The van der Waals surface area contributed by atoms with Gasteiger partial charge in [-0.1, -0.05) is 17.7 Å². The molecule has 1 aromatic carbocycles. The summed E-state index contributed by atoms with van der Waals surface area (Å²) in [5, 5.41) is 4.28. The number of nitrogens with zero attached hydrogens (tertiary/aromatic N) is 2. The smallest absolute Gasteiger partial charge is 0.132 e. The number of ether oxygens (including phenoxy) is 1. The largest absolute Gasteiger partial charge is 0.487 e. The molecule has 1 aromatic heterocycles. The maximum Gasteiger partial charge on any atom is 0.132 e. The van der Waals surface area contributed by atoms with Gasteiger partial charge in [0.15, 0.2) is 0 Å². The number of rotatable bonds is 4. The van der Waals surface area contributed by atoms with Crippen LogP contribution in [0.1, 0.15) is 29.8 Å². The summed E-state index contributed by atoms with van der Waals surface area (Å²) < 4.78 is 7.56. The van der Waals surface area contributed by atoms with Gasteiger partial charge >= 0.3 is 0 Å². The van der Waals surface area contributed by atoms with Crippen LogP contribution in [0.25, 0.3) is 0 Å². The second kappa shape index (κ2) is 5.23. The minimum absolute atomic E-state index is 0.0383. The second-order valence-corrected chi connectivity index (χ2v) is 4.60. The molecule has 0 aliphatic carbocycles. The number of hydrogen-bond acceptors (Lipinski definition) is 3. The van der Waals surface area contributed by atoms with Crippen LogP contribution in [0.5, 0.6) is 5.75 Å². The van der Waals surface area contributed by atoms with Gasteiger partial charge in [-0.3, -0.25) is 4.68 Å². The van der Waals surface area contributed by atoms with Crippen molar-refractivity contribution in [3.8, 4) is 5.75 Å². The van der Waals surface area contributed by atoms with Crippen LogP contribution in [0.15, 0.2) is 30.5 Å². The van der Waals surface area contributed by atoms with E-state index in [2.05, 4.69) is 18.1 Å². The molecule has 4 nitrogen and oxygen atoms in total. The Morgan fingerprint density at radius 3 is 2.78 bits per heavy atom. The molecule has 2 rings (SSSR count). The molecule has 2 N–H and O–H groups in total. The zero-order chi connectivity index (χ0) is 13.1. The fourth-order valence-corrected chi connectivity index (χ4v) is 1.85. The van der Waals surface area contributed by atoms with Crippen molar-refractivity contribution in [1.82, 2.24) is 9.78 Å². The van der Waals surface area contributed by atoms with Crippen molar-refractivity contribution in [2.45, 2.75) is 26.5 Å². The van der Waals surface area contributed by atoms with Crippen molar-refractivity contribution >= 4 is 0 Å². The Morgan fingerprint density at radius 1 is 1.39 bits per heavy atom. The number of aryl methyl sites for hydroxylation is 2. The monoisotopic (exact) mass is 245 g/mol. The Bertz CT molecular complexity index is 532. The Hall–Kier alpha value is -1.81. The van der Waals surface area contributed by atoms with Crippen LogP contribution >= 0.6 is 0 Å². The molecule has 0 unspecified atom stereocenters. The standard InChI is InChI=1S/C14H19N3O/c1-10-4-5-14(13(8-10)11(2)15)18-9-12-6-7-17(3)16-12/h4-8,11H,9,15H2,1-3H3/t11-/m1/s1. The highest BCUT2D eigenvalue weighted by Crippen LogP contribution is 2.25. The molecule has 0 saturated carbocycles. The van der Waals surface area contributed by atoms with E-state index in [4.69, 9.17) is 10.5 Å². The predicted molar refractivity (Wildman–Crippen MR) is 71.3 cm³/mol. The average Bonchev–Trinajstić information content (AvgIpc) is 2.73. The van der Waals surface area contributed by atoms with Gasteiger partial charge in [0, 0.05) is 24.8 Å². The van der Waals surface area contributed by atoms with Crippen molar-refractivity contribution in [1.29, 1.82) is 0 Å².